The van der Waals surface area contributed by atoms with Crippen LogP contribution in [0.5, 0.6) is 0 Å². The lowest BCUT2D eigenvalue weighted by Gasteiger charge is -2.14. The molecule has 5 nitrogen and oxygen atoms in total. The number of aromatic nitrogens is 2. The third-order valence-corrected chi connectivity index (χ3v) is 4.38. The molecule has 2 rings (SSSR count). The van der Waals surface area contributed by atoms with Crippen molar-refractivity contribution in [3.63, 3.8) is 0 Å². The van der Waals surface area contributed by atoms with Gasteiger partial charge in [-0.05, 0) is 36.1 Å². The minimum Gasteiger partial charge on any atom is -0.279 e. The third kappa shape index (κ3) is 3.08. The topological polar surface area (TPSA) is 72.0 Å². The molecule has 1 heterocycles. The van der Waals surface area contributed by atoms with Crippen molar-refractivity contribution in [1.82, 2.24) is 9.97 Å². The van der Waals surface area contributed by atoms with Gasteiger partial charge in [0.1, 0.15) is 4.90 Å². The van der Waals surface area contributed by atoms with Gasteiger partial charge in [0.05, 0.1) is 18.1 Å². The Morgan fingerprint density at radius 3 is 2.50 bits per heavy atom. The Kier molecular flexibility index (Phi) is 4.25. The summed E-state index contributed by atoms with van der Waals surface area (Å²) in [4.78, 5) is 7.35. The van der Waals surface area contributed by atoms with Crippen LogP contribution >= 0.6 is 11.6 Å². The second kappa shape index (κ2) is 5.76. The average molecular weight is 312 g/mol. The summed E-state index contributed by atoms with van der Waals surface area (Å²) in [7, 11) is -3.72. The van der Waals surface area contributed by atoms with Gasteiger partial charge in [-0.2, -0.15) is 0 Å². The van der Waals surface area contributed by atoms with Gasteiger partial charge in [-0.15, -0.1) is 0 Å². The highest BCUT2D eigenvalue weighted by atomic mass is 35.5. The molecular weight excluding hydrogens is 298 g/mol. The van der Waals surface area contributed by atoms with Gasteiger partial charge >= 0.3 is 0 Å². The number of nitrogens with one attached hydrogen (secondary N) is 1. The molecule has 0 atom stereocenters. The summed E-state index contributed by atoms with van der Waals surface area (Å²) in [5.74, 6) is 0. The van der Waals surface area contributed by atoms with E-state index in [-0.39, 0.29) is 10.2 Å². The summed E-state index contributed by atoms with van der Waals surface area (Å²) in [6, 6.07) is 5.65. The summed E-state index contributed by atoms with van der Waals surface area (Å²) < 4.78 is 27.2. The third-order valence-electron chi connectivity index (χ3n) is 2.88. The SMILES string of the molecule is CCc1cccc(C)c1NS(=O)(=O)c1cnc(Cl)nc1. The van der Waals surface area contributed by atoms with Crippen LogP contribution in [0, 0.1) is 6.92 Å². The minimum atomic E-state index is -3.72. The number of anilines is 1. The summed E-state index contributed by atoms with van der Waals surface area (Å²) in [5, 5.41) is 0.00842. The van der Waals surface area contributed by atoms with Crippen molar-refractivity contribution in [2.45, 2.75) is 25.2 Å². The fourth-order valence-corrected chi connectivity index (χ4v) is 2.96. The molecule has 0 aliphatic carbocycles. The fourth-order valence-electron chi connectivity index (χ4n) is 1.80. The molecule has 0 spiro atoms. The monoisotopic (exact) mass is 311 g/mol. The lowest BCUT2D eigenvalue weighted by molar-refractivity contribution is 0.600. The van der Waals surface area contributed by atoms with Gasteiger partial charge in [-0.1, -0.05) is 25.1 Å². The lowest BCUT2D eigenvalue weighted by atomic mass is 10.1. The largest absolute Gasteiger partial charge is 0.279 e. The predicted octanol–water partition coefficient (Wildman–Crippen LogP) is 2.80. The van der Waals surface area contributed by atoms with Crippen LogP contribution < -0.4 is 4.72 Å². The molecule has 0 unspecified atom stereocenters. The molecular formula is C13H14ClN3O2S. The molecule has 1 N–H and O–H groups in total. The Morgan fingerprint density at radius 2 is 1.90 bits per heavy atom. The zero-order valence-electron chi connectivity index (χ0n) is 11.1. The van der Waals surface area contributed by atoms with Gasteiger partial charge in [-0.3, -0.25) is 4.72 Å². The second-order valence-corrected chi connectivity index (χ2v) is 6.28. The Morgan fingerprint density at radius 1 is 1.25 bits per heavy atom. The van der Waals surface area contributed by atoms with E-state index in [1.165, 1.54) is 12.4 Å². The summed E-state index contributed by atoms with van der Waals surface area (Å²) >= 11 is 5.56. The molecule has 1 aromatic carbocycles. The number of sulfonamides is 1. The molecule has 0 aliphatic heterocycles. The number of nitrogens with zero attached hydrogens (tertiary/aromatic N) is 2. The van der Waals surface area contributed by atoms with E-state index in [1.54, 1.807) is 0 Å². The maximum atomic E-state index is 12.3. The van der Waals surface area contributed by atoms with Crippen molar-refractivity contribution >= 4 is 27.3 Å². The van der Waals surface area contributed by atoms with Crippen molar-refractivity contribution in [3.05, 3.63) is 47.0 Å². The standard InChI is InChI=1S/C13H14ClN3O2S/c1-3-10-6-4-5-9(2)12(10)17-20(18,19)11-7-15-13(14)16-8-11/h4-8,17H,3H2,1-2H3. The van der Waals surface area contributed by atoms with E-state index >= 15 is 0 Å². The van der Waals surface area contributed by atoms with E-state index in [1.807, 2.05) is 32.0 Å². The van der Waals surface area contributed by atoms with Gasteiger partial charge in [0, 0.05) is 0 Å². The number of hydrogen-bond acceptors (Lipinski definition) is 4. The first-order valence-corrected chi connectivity index (χ1v) is 7.89. The number of halogens is 1. The zero-order valence-corrected chi connectivity index (χ0v) is 12.7. The maximum Gasteiger partial charge on any atom is 0.264 e. The quantitative estimate of drug-likeness (QED) is 0.881. The minimum absolute atomic E-state index is 0.00842. The second-order valence-electron chi connectivity index (χ2n) is 4.26. The van der Waals surface area contributed by atoms with Crippen molar-refractivity contribution in [2.75, 3.05) is 4.72 Å². The molecule has 0 saturated carbocycles. The highest BCUT2D eigenvalue weighted by Crippen LogP contribution is 2.24. The summed E-state index contributed by atoms with van der Waals surface area (Å²) in [5.41, 5.74) is 2.40. The van der Waals surface area contributed by atoms with Gasteiger partial charge in [0.2, 0.25) is 5.28 Å². The number of para-hydroxylation sites is 1. The van der Waals surface area contributed by atoms with Crippen LogP contribution in [0.15, 0.2) is 35.5 Å². The average Bonchev–Trinajstić information content (AvgIpc) is 2.41. The van der Waals surface area contributed by atoms with Crippen molar-refractivity contribution in [1.29, 1.82) is 0 Å². The molecule has 0 amide bonds. The first-order valence-electron chi connectivity index (χ1n) is 6.03. The van der Waals surface area contributed by atoms with E-state index < -0.39 is 10.0 Å². The highest BCUT2D eigenvalue weighted by molar-refractivity contribution is 7.92. The van der Waals surface area contributed by atoms with Gasteiger partial charge in [0.15, 0.2) is 0 Å². The van der Waals surface area contributed by atoms with Crippen LogP contribution in [-0.2, 0) is 16.4 Å². The van der Waals surface area contributed by atoms with Crippen LogP contribution in [0.4, 0.5) is 5.69 Å². The van der Waals surface area contributed by atoms with Crippen LogP contribution in [0.25, 0.3) is 0 Å². The lowest BCUT2D eigenvalue weighted by Crippen LogP contribution is -2.15. The van der Waals surface area contributed by atoms with E-state index in [0.717, 1.165) is 17.5 Å². The van der Waals surface area contributed by atoms with Crippen LogP contribution in [-0.4, -0.2) is 18.4 Å². The summed E-state index contributed by atoms with van der Waals surface area (Å²) in [6.07, 6.45) is 3.10. The molecule has 2 aromatic rings. The van der Waals surface area contributed by atoms with Gasteiger partial charge < -0.3 is 0 Å². The predicted molar refractivity (Wildman–Crippen MR) is 78.4 cm³/mol. The van der Waals surface area contributed by atoms with Gasteiger partial charge in [-0.25, -0.2) is 18.4 Å². The Bertz CT molecular complexity index is 715. The zero-order chi connectivity index (χ0) is 14.8. The molecule has 0 fully saturated rings. The number of rotatable bonds is 4. The molecule has 0 radical (unpaired) electrons. The molecule has 106 valence electrons. The van der Waals surface area contributed by atoms with Crippen LogP contribution in [0.3, 0.4) is 0 Å². The summed E-state index contributed by atoms with van der Waals surface area (Å²) in [6.45, 7) is 3.83. The molecule has 0 bridgehead atoms. The van der Waals surface area contributed by atoms with Crippen LogP contribution in [0.1, 0.15) is 18.1 Å². The van der Waals surface area contributed by atoms with Crippen molar-refractivity contribution in [2.24, 2.45) is 0 Å². The van der Waals surface area contributed by atoms with E-state index in [0.29, 0.717) is 5.69 Å². The maximum absolute atomic E-state index is 12.3. The molecule has 0 aliphatic rings. The van der Waals surface area contributed by atoms with E-state index in [2.05, 4.69) is 14.7 Å². The first-order chi connectivity index (χ1) is 9.44. The molecule has 20 heavy (non-hydrogen) atoms. The van der Waals surface area contributed by atoms with Crippen molar-refractivity contribution in [3.8, 4) is 0 Å². The number of benzene rings is 1. The molecule has 1 aromatic heterocycles. The Hall–Kier alpha value is -1.66. The smallest absolute Gasteiger partial charge is 0.264 e. The molecule has 7 heteroatoms. The van der Waals surface area contributed by atoms with E-state index in [4.69, 9.17) is 11.6 Å². The number of aryl methyl sites for hydroxylation is 2. The Labute approximate surface area is 123 Å². The van der Waals surface area contributed by atoms with Gasteiger partial charge in [0.25, 0.3) is 10.0 Å². The first kappa shape index (κ1) is 14.7. The number of hydrogen-bond donors (Lipinski definition) is 1. The van der Waals surface area contributed by atoms with Crippen LogP contribution in [0.2, 0.25) is 5.28 Å². The Balaban J connectivity index is 2.41. The fraction of sp³-hybridized carbons (Fsp3) is 0.231. The van der Waals surface area contributed by atoms with E-state index in [9.17, 15) is 8.42 Å². The molecule has 0 saturated heterocycles. The van der Waals surface area contributed by atoms with Crippen molar-refractivity contribution < 1.29 is 8.42 Å². The normalized spacial score (nSPS) is 11.3. The highest BCUT2D eigenvalue weighted by Gasteiger charge is 2.17.